The molecule has 0 saturated carbocycles. The highest BCUT2D eigenvalue weighted by Gasteiger charge is 2.22. The number of nitrogens with zero attached hydrogens (tertiary/aromatic N) is 3. The van der Waals surface area contributed by atoms with E-state index in [1.165, 1.54) is 0 Å². The van der Waals surface area contributed by atoms with Crippen molar-refractivity contribution in [1.29, 1.82) is 0 Å². The maximum absolute atomic E-state index is 11.0. The van der Waals surface area contributed by atoms with Crippen LogP contribution in [0.4, 0.5) is 11.4 Å². The number of rotatable bonds is 3. The minimum Gasteiger partial charge on any atom is -0.367 e. The van der Waals surface area contributed by atoms with E-state index >= 15 is 0 Å². The van der Waals surface area contributed by atoms with Crippen LogP contribution in [0.2, 0.25) is 0 Å². The second-order valence-electron chi connectivity index (χ2n) is 5.36. The van der Waals surface area contributed by atoms with Crippen LogP contribution in [0.3, 0.4) is 0 Å². The van der Waals surface area contributed by atoms with E-state index in [1.807, 2.05) is 12.1 Å². The molecule has 1 unspecified atom stereocenters. The molecule has 1 saturated heterocycles. The predicted molar refractivity (Wildman–Crippen MR) is 84.6 cm³/mol. The Bertz CT molecular complexity index is 495. The van der Waals surface area contributed by atoms with E-state index in [4.69, 9.17) is 0 Å². The molecule has 110 valence electrons. The lowest BCUT2D eigenvalue weighted by Gasteiger charge is -2.30. The second kappa shape index (κ2) is 6.54. The number of benzene rings is 1. The van der Waals surface area contributed by atoms with Gasteiger partial charge in [0.25, 0.3) is 5.69 Å². The molecule has 1 heterocycles. The fourth-order valence-corrected chi connectivity index (χ4v) is 3.24. The second-order valence-corrected chi connectivity index (χ2v) is 5.92. The zero-order chi connectivity index (χ0) is 14.7. The Morgan fingerprint density at radius 1 is 1.45 bits per heavy atom. The summed E-state index contributed by atoms with van der Waals surface area (Å²) >= 11 is 3.34. The van der Waals surface area contributed by atoms with Crippen LogP contribution < -0.4 is 4.90 Å². The molecule has 0 amide bonds. The van der Waals surface area contributed by atoms with Crippen LogP contribution in [0.1, 0.15) is 18.9 Å². The topological polar surface area (TPSA) is 49.6 Å². The lowest BCUT2D eigenvalue weighted by Crippen LogP contribution is -2.37. The van der Waals surface area contributed by atoms with Gasteiger partial charge in [0.1, 0.15) is 0 Å². The van der Waals surface area contributed by atoms with Gasteiger partial charge in [-0.15, -0.1) is 0 Å². The van der Waals surface area contributed by atoms with Gasteiger partial charge in [0, 0.05) is 41.8 Å². The molecule has 1 atom stereocenters. The van der Waals surface area contributed by atoms with Crippen molar-refractivity contribution in [2.24, 2.45) is 0 Å². The summed E-state index contributed by atoms with van der Waals surface area (Å²) in [6, 6.07) is 5.83. The largest absolute Gasteiger partial charge is 0.367 e. The number of alkyl halides is 1. The van der Waals surface area contributed by atoms with Crippen molar-refractivity contribution in [3.8, 4) is 0 Å². The number of hydrogen-bond acceptors (Lipinski definition) is 4. The molecule has 20 heavy (non-hydrogen) atoms. The quantitative estimate of drug-likeness (QED) is 0.481. The molecule has 0 N–H and O–H groups in total. The van der Waals surface area contributed by atoms with E-state index in [0.717, 1.165) is 37.3 Å². The molecule has 0 spiro atoms. The first kappa shape index (κ1) is 15.3. The van der Waals surface area contributed by atoms with Gasteiger partial charge in [-0.25, -0.2) is 0 Å². The smallest absolute Gasteiger partial charge is 0.273 e. The molecular formula is C14H20BrN3O2. The van der Waals surface area contributed by atoms with Crippen LogP contribution in [0.5, 0.6) is 0 Å². The van der Waals surface area contributed by atoms with Crippen LogP contribution in [0, 0.1) is 10.1 Å². The van der Waals surface area contributed by atoms with Crippen molar-refractivity contribution in [2.45, 2.75) is 24.7 Å². The monoisotopic (exact) mass is 341 g/mol. The van der Waals surface area contributed by atoms with Crippen molar-refractivity contribution in [2.75, 3.05) is 31.6 Å². The fraction of sp³-hybridized carbons (Fsp3) is 0.571. The Morgan fingerprint density at radius 3 is 2.85 bits per heavy atom. The summed E-state index contributed by atoms with van der Waals surface area (Å²) in [5, 5.41) is 11.5. The summed E-state index contributed by atoms with van der Waals surface area (Å²) in [5.41, 5.74) is 2.00. The van der Waals surface area contributed by atoms with Gasteiger partial charge in [0.05, 0.1) is 4.92 Å². The molecule has 1 aliphatic rings. The maximum atomic E-state index is 11.0. The molecule has 0 aromatic heterocycles. The summed E-state index contributed by atoms with van der Waals surface area (Å²) in [7, 11) is 2.14. The third-order valence-corrected chi connectivity index (χ3v) is 4.39. The Balaban J connectivity index is 2.30. The van der Waals surface area contributed by atoms with Crippen LogP contribution in [0.25, 0.3) is 0 Å². The highest BCUT2D eigenvalue weighted by molar-refractivity contribution is 9.08. The molecule has 1 aromatic carbocycles. The van der Waals surface area contributed by atoms with Gasteiger partial charge in [-0.2, -0.15) is 0 Å². The van der Waals surface area contributed by atoms with Gasteiger partial charge >= 0.3 is 0 Å². The highest BCUT2D eigenvalue weighted by Crippen LogP contribution is 2.28. The van der Waals surface area contributed by atoms with Crippen molar-refractivity contribution in [3.63, 3.8) is 0 Å². The van der Waals surface area contributed by atoms with Gasteiger partial charge in [-0.05, 0) is 39.1 Å². The molecule has 1 fully saturated rings. The molecule has 0 radical (unpaired) electrons. The first-order valence-corrected chi connectivity index (χ1v) is 7.93. The van der Waals surface area contributed by atoms with Gasteiger partial charge in [-0.3, -0.25) is 10.1 Å². The summed E-state index contributed by atoms with van der Waals surface area (Å²) in [6.07, 6.45) is 1.11. The zero-order valence-corrected chi connectivity index (χ0v) is 13.5. The van der Waals surface area contributed by atoms with E-state index in [-0.39, 0.29) is 10.6 Å². The van der Waals surface area contributed by atoms with Crippen LogP contribution in [0.15, 0.2) is 18.2 Å². The number of nitro groups is 1. The number of halogens is 1. The highest BCUT2D eigenvalue weighted by atomic mass is 79.9. The number of nitro benzene ring substituents is 1. The van der Waals surface area contributed by atoms with Crippen LogP contribution in [-0.4, -0.2) is 42.5 Å². The Kier molecular flexibility index (Phi) is 4.99. The van der Waals surface area contributed by atoms with Gasteiger partial charge in [-0.1, -0.05) is 15.9 Å². The van der Waals surface area contributed by atoms with E-state index in [0.29, 0.717) is 11.4 Å². The third kappa shape index (κ3) is 3.30. The van der Waals surface area contributed by atoms with E-state index in [9.17, 15) is 10.1 Å². The Hall–Kier alpha value is -1.14. The van der Waals surface area contributed by atoms with Crippen LogP contribution >= 0.6 is 15.9 Å². The van der Waals surface area contributed by atoms with Crippen molar-refractivity contribution in [3.05, 3.63) is 33.9 Å². The average Bonchev–Trinajstić information content (AvgIpc) is 2.58. The predicted octanol–water partition coefficient (Wildman–Crippen LogP) is 3.02. The number of hydrogen-bond donors (Lipinski definition) is 0. The maximum Gasteiger partial charge on any atom is 0.273 e. The minimum absolute atomic E-state index is 0.185. The molecule has 1 aromatic rings. The average molecular weight is 342 g/mol. The fourth-order valence-electron chi connectivity index (χ4n) is 2.79. The first-order chi connectivity index (χ1) is 9.52. The molecule has 0 bridgehead atoms. The summed E-state index contributed by atoms with van der Waals surface area (Å²) in [5.74, 6) is 0. The van der Waals surface area contributed by atoms with Crippen molar-refractivity contribution < 1.29 is 4.92 Å². The standard InChI is InChI=1S/C14H20BrN3O2/c1-11-10-16(2)6-3-7-17(11)13-4-5-14(18(19)20)12(8-13)9-15/h4-5,8,11H,3,6-7,9-10H2,1-2H3. The SMILES string of the molecule is CC1CN(C)CCCN1c1ccc([N+](=O)[O-])c(CBr)c1. The van der Waals surface area contributed by atoms with E-state index < -0.39 is 0 Å². The Morgan fingerprint density at radius 2 is 2.20 bits per heavy atom. The van der Waals surface area contributed by atoms with Crippen molar-refractivity contribution >= 4 is 27.3 Å². The molecule has 1 aliphatic heterocycles. The van der Waals surface area contributed by atoms with Gasteiger partial charge < -0.3 is 9.80 Å². The van der Waals surface area contributed by atoms with E-state index in [1.54, 1.807) is 6.07 Å². The molecule has 6 heteroatoms. The summed E-state index contributed by atoms with van der Waals surface area (Å²) < 4.78 is 0. The van der Waals surface area contributed by atoms with E-state index in [2.05, 4.69) is 39.7 Å². The molecular weight excluding hydrogens is 322 g/mol. The lowest BCUT2D eigenvalue weighted by atomic mass is 10.1. The van der Waals surface area contributed by atoms with Crippen LogP contribution in [-0.2, 0) is 5.33 Å². The third-order valence-electron chi connectivity index (χ3n) is 3.78. The Labute approximate surface area is 127 Å². The van der Waals surface area contributed by atoms with Gasteiger partial charge in [0.15, 0.2) is 0 Å². The summed E-state index contributed by atoms with van der Waals surface area (Å²) in [4.78, 5) is 15.4. The van der Waals surface area contributed by atoms with Crippen molar-refractivity contribution in [1.82, 2.24) is 4.90 Å². The first-order valence-electron chi connectivity index (χ1n) is 6.81. The normalized spacial score (nSPS) is 20.8. The number of anilines is 1. The summed E-state index contributed by atoms with van der Waals surface area (Å²) in [6.45, 7) is 5.31. The van der Waals surface area contributed by atoms with Gasteiger partial charge in [0.2, 0.25) is 0 Å². The number of likely N-dealkylation sites (N-methyl/N-ethyl adjacent to an activating group) is 1. The molecule has 0 aliphatic carbocycles. The zero-order valence-electron chi connectivity index (χ0n) is 11.9. The molecule has 5 nitrogen and oxygen atoms in total. The molecule has 2 rings (SSSR count). The lowest BCUT2D eigenvalue weighted by molar-refractivity contribution is -0.385. The minimum atomic E-state index is -0.319.